The van der Waals surface area contributed by atoms with Crippen molar-refractivity contribution in [1.29, 1.82) is 0 Å². The van der Waals surface area contributed by atoms with E-state index in [9.17, 15) is 0 Å². The molecule has 0 radical (unpaired) electrons. The van der Waals surface area contributed by atoms with Gasteiger partial charge in [-0.1, -0.05) is 54.6 Å². The first-order chi connectivity index (χ1) is 14.3. The molecule has 0 N–H and O–H groups in total. The fourth-order valence-corrected chi connectivity index (χ4v) is 4.23. The van der Waals surface area contributed by atoms with Gasteiger partial charge in [0, 0.05) is 12.4 Å². The van der Waals surface area contributed by atoms with Crippen molar-refractivity contribution >= 4 is 28.4 Å². The molecule has 2 heterocycles. The van der Waals surface area contributed by atoms with Crippen LogP contribution in [0.2, 0.25) is 0 Å². The number of para-hydroxylation sites is 3. The first-order valence-electron chi connectivity index (χ1n) is 9.62. The molecule has 0 fully saturated rings. The highest BCUT2D eigenvalue weighted by atomic mass is 16.5. The second-order valence-corrected chi connectivity index (χ2v) is 7.32. The van der Waals surface area contributed by atoms with Crippen LogP contribution in [0.4, 0.5) is 11.4 Å². The average Bonchev–Trinajstić information content (AvgIpc) is 2.87. The Balaban J connectivity index is 1.61. The van der Waals surface area contributed by atoms with Crippen LogP contribution in [0.1, 0.15) is 5.56 Å². The molecule has 140 valence electrons. The van der Waals surface area contributed by atoms with Crippen molar-refractivity contribution in [3.05, 3.63) is 90.5 Å². The molecule has 4 aromatic carbocycles. The highest BCUT2D eigenvalue weighted by molar-refractivity contribution is 5.99. The monoisotopic (exact) mass is 378 g/mol. The molecular formula is C25H18N2O2. The number of hydrogen-bond donors (Lipinski definition) is 0. The van der Waals surface area contributed by atoms with Crippen LogP contribution in [0.3, 0.4) is 0 Å². The van der Waals surface area contributed by atoms with Gasteiger partial charge in [-0.3, -0.25) is 4.99 Å². The first-order valence-corrected chi connectivity index (χ1v) is 9.62. The minimum atomic E-state index is -0.904. The number of fused-ring (bicyclic) bond motifs is 6. The van der Waals surface area contributed by atoms with Gasteiger partial charge in [0.1, 0.15) is 17.2 Å². The van der Waals surface area contributed by atoms with E-state index in [0.29, 0.717) is 0 Å². The van der Waals surface area contributed by atoms with E-state index >= 15 is 0 Å². The summed E-state index contributed by atoms with van der Waals surface area (Å²) in [6.45, 7) is 0. The summed E-state index contributed by atoms with van der Waals surface area (Å²) in [5.41, 5.74) is 1.82. The molecule has 2 aliphatic rings. The molecule has 1 spiro atoms. The van der Waals surface area contributed by atoms with Crippen molar-refractivity contribution in [1.82, 2.24) is 0 Å². The smallest absolute Gasteiger partial charge is 0.249 e. The lowest BCUT2D eigenvalue weighted by Gasteiger charge is -2.41. The maximum absolute atomic E-state index is 6.74. The minimum absolute atomic E-state index is 0.757. The van der Waals surface area contributed by atoms with Gasteiger partial charge in [0.15, 0.2) is 5.75 Å². The van der Waals surface area contributed by atoms with Gasteiger partial charge in [-0.05, 0) is 35.7 Å². The van der Waals surface area contributed by atoms with Crippen LogP contribution in [0.15, 0.2) is 89.9 Å². The largest absolute Gasteiger partial charge is 0.456 e. The van der Waals surface area contributed by atoms with Gasteiger partial charge in [0.2, 0.25) is 5.72 Å². The van der Waals surface area contributed by atoms with Gasteiger partial charge in [0.25, 0.3) is 0 Å². The Labute approximate surface area is 168 Å². The predicted molar refractivity (Wildman–Crippen MR) is 116 cm³/mol. The van der Waals surface area contributed by atoms with Crippen LogP contribution >= 0.6 is 0 Å². The maximum Gasteiger partial charge on any atom is 0.249 e. The van der Waals surface area contributed by atoms with E-state index in [1.54, 1.807) is 0 Å². The van der Waals surface area contributed by atoms with Crippen molar-refractivity contribution in [2.24, 2.45) is 4.99 Å². The molecule has 6 rings (SSSR count). The summed E-state index contributed by atoms with van der Waals surface area (Å²) in [5, 5.41) is 2.23. The van der Waals surface area contributed by atoms with Crippen LogP contribution < -0.4 is 14.4 Å². The van der Waals surface area contributed by atoms with Gasteiger partial charge in [0.05, 0.1) is 17.5 Å². The summed E-state index contributed by atoms with van der Waals surface area (Å²) in [6, 6.07) is 28.3. The van der Waals surface area contributed by atoms with Crippen molar-refractivity contribution in [3.8, 4) is 17.2 Å². The number of ether oxygens (including phenoxy) is 2. The summed E-state index contributed by atoms with van der Waals surface area (Å²) in [5.74, 6) is 2.31. The molecule has 4 aromatic rings. The Morgan fingerprint density at radius 3 is 2.45 bits per heavy atom. The lowest BCUT2D eigenvalue weighted by Crippen LogP contribution is -2.51. The number of rotatable bonds is 0. The second-order valence-electron chi connectivity index (χ2n) is 7.32. The Hall–Kier alpha value is -3.79. The highest BCUT2D eigenvalue weighted by Gasteiger charge is 2.45. The van der Waals surface area contributed by atoms with Crippen molar-refractivity contribution in [3.63, 3.8) is 0 Å². The van der Waals surface area contributed by atoms with Gasteiger partial charge in [-0.2, -0.15) is 0 Å². The number of aliphatic imine (C=N–C) groups is 1. The van der Waals surface area contributed by atoms with Gasteiger partial charge in [-0.15, -0.1) is 0 Å². The van der Waals surface area contributed by atoms with Crippen LogP contribution in [0.25, 0.3) is 10.8 Å². The van der Waals surface area contributed by atoms with Crippen LogP contribution in [0.5, 0.6) is 17.2 Å². The lowest BCUT2D eigenvalue weighted by atomic mass is 9.98. The highest BCUT2D eigenvalue weighted by Crippen LogP contribution is 2.50. The van der Waals surface area contributed by atoms with Crippen molar-refractivity contribution in [2.45, 2.75) is 5.72 Å². The zero-order valence-corrected chi connectivity index (χ0v) is 15.9. The minimum Gasteiger partial charge on any atom is -0.456 e. The van der Waals surface area contributed by atoms with Crippen LogP contribution in [0, 0.1) is 0 Å². The Kier molecular flexibility index (Phi) is 3.27. The SMILES string of the molecule is CN1c2ccccc2Oc2ccccc2C12C=Nc1c(ccc3ccccc13)O2. The molecule has 0 saturated heterocycles. The fraction of sp³-hybridized carbons (Fsp3) is 0.0800. The normalized spacial score (nSPS) is 19.0. The number of benzene rings is 4. The first kappa shape index (κ1) is 16.2. The standard InChI is InChI=1S/C25H18N2O2/c1-27-20-11-5-7-13-22(20)28-21-12-6-4-10-19(21)25(27)16-26-24-18-9-3-2-8-17(18)14-15-23(24)29-25/h2-16H,1H3. The molecule has 1 atom stereocenters. The molecule has 0 saturated carbocycles. The summed E-state index contributed by atoms with van der Waals surface area (Å²) in [6.07, 6.45) is 1.89. The van der Waals surface area contributed by atoms with E-state index in [1.807, 2.05) is 80.0 Å². The number of hydrogen-bond acceptors (Lipinski definition) is 4. The van der Waals surface area contributed by atoms with E-state index in [1.165, 1.54) is 0 Å². The predicted octanol–water partition coefficient (Wildman–Crippen LogP) is 6.03. The molecule has 2 aliphatic heterocycles. The summed E-state index contributed by atoms with van der Waals surface area (Å²) >= 11 is 0. The molecule has 29 heavy (non-hydrogen) atoms. The third-order valence-electron chi connectivity index (χ3n) is 5.72. The zero-order valence-electron chi connectivity index (χ0n) is 15.9. The average molecular weight is 378 g/mol. The van der Waals surface area contributed by atoms with E-state index in [-0.39, 0.29) is 0 Å². The van der Waals surface area contributed by atoms with E-state index < -0.39 is 5.72 Å². The van der Waals surface area contributed by atoms with Gasteiger partial charge in [-0.25, -0.2) is 0 Å². The van der Waals surface area contributed by atoms with E-state index in [2.05, 4.69) is 23.1 Å². The summed E-state index contributed by atoms with van der Waals surface area (Å²) in [7, 11) is 2.02. The zero-order chi connectivity index (χ0) is 19.4. The van der Waals surface area contributed by atoms with Crippen LogP contribution in [-0.4, -0.2) is 13.3 Å². The molecule has 1 unspecified atom stereocenters. The molecular weight excluding hydrogens is 360 g/mol. The Bertz CT molecular complexity index is 1300. The van der Waals surface area contributed by atoms with Crippen molar-refractivity contribution < 1.29 is 9.47 Å². The Morgan fingerprint density at radius 1 is 0.759 bits per heavy atom. The number of nitrogens with zero attached hydrogens (tertiary/aromatic N) is 2. The number of anilines is 1. The maximum atomic E-state index is 6.74. The van der Waals surface area contributed by atoms with E-state index in [4.69, 9.17) is 14.5 Å². The molecule has 0 aromatic heterocycles. The third kappa shape index (κ3) is 2.23. The molecule has 0 aliphatic carbocycles. The fourth-order valence-electron chi connectivity index (χ4n) is 4.23. The van der Waals surface area contributed by atoms with Gasteiger partial charge >= 0.3 is 0 Å². The quantitative estimate of drug-likeness (QED) is 0.375. The van der Waals surface area contributed by atoms with Crippen molar-refractivity contribution in [2.75, 3.05) is 11.9 Å². The lowest BCUT2D eigenvalue weighted by molar-refractivity contribution is 0.144. The third-order valence-corrected chi connectivity index (χ3v) is 5.72. The Morgan fingerprint density at radius 2 is 1.52 bits per heavy atom. The van der Waals surface area contributed by atoms with E-state index in [0.717, 1.165) is 45.0 Å². The summed E-state index contributed by atoms with van der Waals surface area (Å²) < 4.78 is 13.0. The second kappa shape index (κ2) is 5.85. The summed E-state index contributed by atoms with van der Waals surface area (Å²) in [4.78, 5) is 7.01. The molecule has 0 bridgehead atoms. The topological polar surface area (TPSA) is 34.1 Å². The molecule has 4 nitrogen and oxygen atoms in total. The van der Waals surface area contributed by atoms with Crippen LogP contribution in [-0.2, 0) is 5.72 Å². The molecule has 4 heteroatoms. The van der Waals surface area contributed by atoms with Gasteiger partial charge < -0.3 is 14.4 Å². The molecule has 0 amide bonds.